The van der Waals surface area contributed by atoms with Crippen LogP contribution in [0.4, 0.5) is 19.3 Å². The molecule has 1 heterocycles. The molecular formula is C13H16F2N2O3. The number of anilines is 1. The predicted octanol–water partition coefficient (Wildman–Crippen LogP) is 3.57. The fourth-order valence-corrected chi connectivity index (χ4v) is 1.34. The van der Waals surface area contributed by atoms with Gasteiger partial charge in [-0.3, -0.25) is 10.1 Å². The molecule has 0 fully saturated rings. The van der Waals surface area contributed by atoms with Gasteiger partial charge in [-0.05, 0) is 32.9 Å². The van der Waals surface area contributed by atoms with Gasteiger partial charge in [0.05, 0.1) is 0 Å². The number of halogens is 2. The number of hydrogen-bond donors (Lipinski definition) is 1. The lowest BCUT2D eigenvalue weighted by atomic mass is 10.2. The molecule has 0 radical (unpaired) electrons. The molecule has 0 aliphatic rings. The number of amides is 1. The second-order valence-corrected chi connectivity index (χ2v) is 5.15. The van der Waals surface area contributed by atoms with E-state index < -0.39 is 29.6 Å². The molecule has 5 nitrogen and oxygen atoms in total. The largest absolute Gasteiger partial charge is 0.444 e. The van der Waals surface area contributed by atoms with E-state index in [9.17, 15) is 18.4 Å². The number of carbonyl (C=O) groups is 2. The molecule has 0 aromatic carbocycles. The standard InChI is InChI=1S/C13H16F2N2O3/c1-7(18)9-5-8(6-10(17-9)11(14)15)16-12(19)20-13(2,3)4/h5-6,11H,1-4H3,(H,16,17,19). The Morgan fingerprint density at radius 1 is 1.30 bits per heavy atom. The van der Waals surface area contributed by atoms with Crippen molar-refractivity contribution in [3.05, 3.63) is 23.5 Å². The Kier molecular flexibility index (Phi) is 4.75. The lowest BCUT2D eigenvalue weighted by Gasteiger charge is -2.19. The number of aromatic nitrogens is 1. The van der Waals surface area contributed by atoms with E-state index in [0.29, 0.717) is 0 Å². The molecular weight excluding hydrogens is 270 g/mol. The Bertz CT molecular complexity index is 525. The highest BCUT2D eigenvalue weighted by atomic mass is 19.3. The summed E-state index contributed by atoms with van der Waals surface area (Å²) in [4.78, 5) is 26.3. The highest BCUT2D eigenvalue weighted by molar-refractivity contribution is 5.94. The normalized spacial score (nSPS) is 11.3. The molecule has 1 amide bonds. The van der Waals surface area contributed by atoms with Crippen molar-refractivity contribution in [2.75, 3.05) is 5.32 Å². The number of ketones is 1. The number of nitrogens with one attached hydrogen (secondary N) is 1. The zero-order chi connectivity index (χ0) is 15.5. The summed E-state index contributed by atoms with van der Waals surface area (Å²) in [5, 5.41) is 2.30. The number of nitrogens with zero attached hydrogens (tertiary/aromatic N) is 1. The summed E-state index contributed by atoms with van der Waals surface area (Å²) < 4.78 is 30.4. The molecule has 1 aromatic heterocycles. The van der Waals surface area contributed by atoms with Crippen molar-refractivity contribution in [3.8, 4) is 0 Å². The van der Waals surface area contributed by atoms with E-state index in [1.807, 2.05) is 0 Å². The number of Topliss-reactive ketones (excluding diaryl/α,β-unsaturated/α-hetero) is 1. The van der Waals surface area contributed by atoms with Gasteiger partial charge in [-0.1, -0.05) is 0 Å². The third kappa shape index (κ3) is 4.91. The SMILES string of the molecule is CC(=O)c1cc(NC(=O)OC(C)(C)C)cc(C(F)F)n1. The first-order valence-corrected chi connectivity index (χ1v) is 5.89. The van der Waals surface area contributed by atoms with E-state index in [2.05, 4.69) is 10.3 Å². The van der Waals surface area contributed by atoms with Gasteiger partial charge in [0.1, 0.15) is 17.0 Å². The van der Waals surface area contributed by atoms with Crippen LogP contribution in [0.2, 0.25) is 0 Å². The maximum atomic E-state index is 12.7. The van der Waals surface area contributed by atoms with Crippen LogP contribution in [0.3, 0.4) is 0 Å². The quantitative estimate of drug-likeness (QED) is 0.862. The minimum Gasteiger partial charge on any atom is -0.444 e. The number of ether oxygens (including phenoxy) is 1. The van der Waals surface area contributed by atoms with Gasteiger partial charge in [0, 0.05) is 12.6 Å². The lowest BCUT2D eigenvalue weighted by Crippen LogP contribution is -2.27. The molecule has 1 aromatic rings. The second kappa shape index (κ2) is 5.94. The maximum absolute atomic E-state index is 12.7. The molecule has 7 heteroatoms. The monoisotopic (exact) mass is 286 g/mol. The summed E-state index contributed by atoms with van der Waals surface area (Å²) in [7, 11) is 0. The van der Waals surface area contributed by atoms with Crippen LogP contribution in [-0.2, 0) is 4.74 Å². The highest BCUT2D eigenvalue weighted by Crippen LogP contribution is 2.22. The van der Waals surface area contributed by atoms with Crippen molar-refractivity contribution < 1.29 is 23.1 Å². The minimum atomic E-state index is -2.84. The molecule has 0 saturated carbocycles. The average molecular weight is 286 g/mol. The first-order valence-electron chi connectivity index (χ1n) is 5.89. The summed E-state index contributed by atoms with van der Waals surface area (Å²) in [5.41, 5.74) is -1.40. The third-order valence-corrected chi connectivity index (χ3v) is 2.07. The van der Waals surface area contributed by atoms with E-state index in [1.165, 1.54) is 13.0 Å². The van der Waals surface area contributed by atoms with Crippen LogP contribution in [0.15, 0.2) is 12.1 Å². The van der Waals surface area contributed by atoms with Gasteiger partial charge >= 0.3 is 6.09 Å². The van der Waals surface area contributed by atoms with Crippen LogP contribution in [0.1, 0.15) is 50.3 Å². The first-order chi connectivity index (χ1) is 9.08. The number of alkyl halides is 2. The fourth-order valence-electron chi connectivity index (χ4n) is 1.34. The van der Waals surface area contributed by atoms with Crippen LogP contribution in [0.25, 0.3) is 0 Å². The first kappa shape index (κ1) is 16.0. The van der Waals surface area contributed by atoms with Gasteiger partial charge in [0.2, 0.25) is 0 Å². The van der Waals surface area contributed by atoms with Crippen LogP contribution in [0.5, 0.6) is 0 Å². The average Bonchev–Trinajstić information content (AvgIpc) is 2.25. The van der Waals surface area contributed by atoms with Crippen molar-refractivity contribution in [2.45, 2.75) is 39.7 Å². The smallest absolute Gasteiger partial charge is 0.412 e. The van der Waals surface area contributed by atoms with Crippen LogP contribution >= 0.6 is 0 Å². The van der Waals surface area contributed by atoms with E-state index in [4.69, 9.17) is 4.74 Å². The molecule has 1 N–H and O–H groups in total. The summed E-state index contributed by atoms with van der Waals surface area (Å²) in [5.74, 6) is -0.472. The summed E-state index contributed by atoms with van der Waals surface area (Å²) in [6.07, 6.45) is -3.63. The third-order valence-electron chi connectivity index (χ3n) is 2.07. The molecule has 0 atom stereocenters. The highest BCUT2D eigenvalue weighted by Gasteiger charge is 2.18. The van der Waals surface area contributed by atoms with Gasteiger partial charge in [0.15, 0.2) is 5.78 Å². The molecule has 0 bridgehead atoms. The van der Waals surface area contributed by atoms with E-state index in [-0.39, 0.29) is 11.4 Å². The summed E-state index contributed by atoms with van der Waals surface area (Å²) in [6.45, 7) is 6.22. The Morgan fingerprint density at radius 3 is 2.35 bits per heavy atom. The zero-order valence-electron chi connectivity index (χ0n) is 11.7. The van der Waals surface area contributed by atoms with E-state index in [1.54, 1.807) is 20.8 Å². The molecule has 0 aliphatic carbocycles. The lowest BCUT2D eigenvalue weighted by molar-refractivity contribution is 0.0635. The van der Waals surface area contributed by atoms with Crippen LogP contribution in [-0.4, -0.2) is 22.5 Å². The van der Waals surface area contributed by atoms with E-state index in [0.717, 1.165) is 6.07 Å². The van der Waals surface area contributed by atoms with Gasteiger partial charge in [0.25, 0.3) is 6.43 Å². The Labute approximate surface area is 115 Å². The fraction of sp³-hybridized carbons (Fsp3) is 0.462. The molecule has 1 rings (SSSR count). The number of rotatable bonds is 3. The van der Waals surface area contributed by atoms with Crippen molar-refractivity contribution in [1.82, 2.24) is 4.98 Å². The molecule has 0 saturated heterocycles. The predicted molar refractivity (Wildman–Crippen MR) is 69.1 cm³/mol. The molecule has 110 valence electrons. The van der Waals surface area contributed by atoms with E-state index >= 15 is 0 Å². The minimum absolute atomic E-state index is 0.0368. The second-order valence-electron chi connectivity index (χ2n) is 5.15. The molecule has 20 heavy (non-hydrogen) atoms. The van der Waals surface area contributed by atoms with Crippen molar-refractivity contribution in [1.29, 1.82) is 0 Å². The maximum Gasteiger partial charge on any atom is 0.412 e. The van der Waals surface area contributed by atoms with Crippen LogP contribution in [0, 0.1) is 0 Å². The summed E-state index contributed by atoms with van der Waals surface area (Å²) in [6, 6.07) is 2.22. The molecule has 0 aliphatic heterocycles. The number of carbonyl (C=O) groups excluding carboxylic acids is 2. The Hall–Kier alpha value is -2.05. The topological polar surface area (TPSA) is 68.3 Å². The molecule has 0 spiro atoms. The Balaban J connectivity index is 3.00. The van der Waals surface area contributed by atoms with Gasteiger partial charge < -0.3 is 4.74 Å². The zero-order valence-corrected chi connectivity index (χ0v) is 11.7. The van der Waals surface area contributed by atoms with Crippen molar-refractivity contribution in [3.63, 3.8) is 0 Å². The summed E-state index contributed by atoms with van der Waals surface area (Å²) >= 11 is 0. The van der Waals surface area contributed by atoms with Gasteiger partial charge in [-0.2, -0.15) is 0 Å². The van der Waals surface area contributed by atoms with Gasteiger partial charge in [-0.25, -0.2) is 18.6 Å². The number of pyridine rings is 1. The molecule has 0 unspecified atom stereocenters. The van der Waals surface area contributed by atoms with Gasteiger partial charge in [-0.15, -0.1) is 0 Å². The van der Waals surface area contributed by atoms with Crippen molar-refractivity contribution >= 4 is 17.6 Å². The van der Waals surface area contributed by atoms with Crippen LogP contribution < -0.4 is 5.32 Å². The Morgan fingerprint density at radius 2 is 1.90 bits per heavy atom. The van der Waals surface area contributed by atoms with Crippen molar-refractivity contribution in [2.24, 2.45) is 0 Å². The number of hydrogen-bond acceptors (Lipinski definition) is 4.